The maximum Gasteiger partial charge on any atom is 0.490 e. The molecule has 0 aliphatic carbocycles. The first kappa shape index (κ1) is 25.0. The van der Waals surface area contributed by atoms with E-state index in [0.29, 0.717) is 12.8 Å². The zero-order valence-electron chi connectivity index (χ0n) is 16.4. The number of aromatic nitrogens is 1. The smallest absolute Gasteiger partial charge is 0.480 e. The number of para-hydroxylation sites is 1. The van der Waals surface area contributed by atoms with Gasteiger partial charge in [0, 0.05) is 17.1 Å². The topological polar surface area (TPSA) is 146 Å². The van der Waals surface area contributed by atoms with Crippen LogP contribution in [-0.2, 0) is 20.8 Å². The van der Waals surface area contributed by atoms with E-state index in [4.69, 9.17) is 15.6 Å². The van der Waals surface area contributed by atoms with Crippen LogP contribution in [0.25, 0.3) is 10.9 Å². The minimum atomic E-state index is -5.08. The summed E-state index contributed by atoms with van der Waals surface area (Å²) in [5.74, 6) is -4.07. The highest BCUT2D eigenvalue weighted by Crippen LogP contribution is 2.19. The lowest BCUT2D eigenvalue weighted by Crippen LogP contribution is -2.49. The Bertz CT molecular complexity index is 880. The van der Waals surface area contributed by atoms with E-state index >= 15 is 0 Å². The summed E-state index contributed by atoms with van der Waals surface area (Å²) in [5, 5.41) is 19.9. The van der Waals surface area contributed by atoms with Crippen molar-refractivity contribution in [3.63, 3.8) is 0 Å². The number of halogens is 3. The van der Waals surface area contributed by atoms with Gasteiger partial charge >= 0.3 is 18.1 Å². The lowest BCUT2D eigenvalue weighted by Gasteiger charge is -2.19. The molecule has 1 amide bonds. The molecule has 0 aliphatic rings. The summed E-state index contributed by atoms with van der Waals surface area (Å²) in [5.41, 5.74) is 7.89. The quantitative estimate of drug-likeness (QED) is 0.455. The third-order valence-electron chi connectivity index (χ3n) is 4.02. The van der Waals surface area contributed by atoms with Gasteiger partial charge in [-0.2, -0.15) is 13.2 Å². The number of carboxylic acids is 2. The van der Waals surface area contributed by atoms with Crippen LogP contribution in [0.3, 0.4) is 0 Å². The second kappa shape index (κ2) is 10.6. The predicted octanol–water partition coefficient (Wildman–Crippen LogP) is 2.29. The Hall–Kier alpha value is -3.08. The first-order valence-corrected chi connectivity index (χ1v) is 8.96. The molecule has 8 nitrogen and oxygen atoms in total. The van der Waals surface area contributed by atoms with E-state index in [9.17, 15) is 27.9 Å². The van der Waals surface area contributed by atoms with E-state index in [0.717, 1.165) is 16.5 Å². The number of nitrogens with one attached hydrogen (secondary N) is 2. The molecule has 1 aromatic carbocycles. The van der Waals surface area contributed by atoms with Crippen molar-refractivity contribution in [3.8, 4) is 0 Å². The van der Waals surface area contributed by atoms with Crippen molar-refractivity contribution in [2.75, 3.05) is 0 Å². The maximum absolute atomic E-state index is 12.2. The summed E-state index contributed by atoms with van der Waals surface area (Å²) in [6, 6.07) is 6.07. The number of hydrogen-bond acceptors (Lipinski definition) is 4. The predicted molar refractivity (Wildman–Crippen MR) is 103 cm³/mol. The Balaban J connectivity index is 0.000000553. The third-order valence-corrected chi connectivity index (χ3v) is 4.02. The number of hydrogen-bond donors (Lipinski definition) is 5. The molecule has 0 unspecified atom stereocenters. The molecule has 0 bridgehead atoms. The minimum Gasteiger partial charge on any atom is -0.480 e. The first-order chi connectivity index (χ1) is 13.8. The fourth-order valence-electron chi connectivity index (χ4n) is 2.60. The van der Waals surface area contributed by atoms with Crippen molar-refractivity contribution in [3.05, 3.63) is 36.0 Å². The van der Waals surface area contributed by atoms with Crippen LogP contribution in [-0.4, -0.2) is 51.3 Å². The van der Waals surface area contributed by atoms with Crippen molar-refractivity contribution in [2.45, 2.75) is 44.9 Å². The Morgan fingerprint density at radius 2 is 1.73 bits per heavy atom. The van der Waals surface area contributed by atoms with Crippen LogP contribution in [0.4, 0.5) is 13.2 Å². The van der Waals surface area contributed by atoms with Crippen LogP contribution in [0.5, 0.6) is 0 Å². The zero-order valence-corrected chi connectivity index (χ0v) is 16.4. The molecule has 2 aromatic rings. The average molecular weight is 431 g/mol. The highest BCUT2D eigenvalue weighted by atomic mass is 19.4. The molecule has 6 N–H and O–H groups in total. The molecular formula is C19H24F3N3O5. The van der Waals surface area contributed by atoms with Gasteiger partial charge < -0.3 is 26.2 Å². The van der Waals surface area contributed by atoms with E-state index in [2.05, 4.69) is 10.3 Å². The number of carbonyl (C=O) groups excluding carboxylic acids is 1. The second-order valence-corrected chi connectivity index (χ2v) is 7.00. The molecule has 0 saturated heterocycles. The number of nitrogens with two attached hydrogens (primary N) is 1. The summed E-state index contributed by atoms with van der Waals surface area (Å²) < 4.78 is 31.7. The first-order valence-electron chi connectivity index (χ1n) is 8.96. The number of rotatable bonds is 7. The lowest BCUT2D eigenvalue weighted by atomic mass is 10.0. The standard InChI is InChI=1S/C17H23N3O3.C2HF3O2/c1-10(2)7-15(17(22)23)20-16(21)13(18)8-11-9-19-14-6-4-3-5-12(11)14;3-2(4,5)1(6)7/h3-6,9-10,13,15,19H,7-8,18H2,1-2H3,(H,20,21)(H,22,23);(H,6,7)/t13-,15-;/m0./s1. The fourth-order valence-corrected chi connectivity index (χ4v) is 2.60. The number of carboxylic acid groups (broad SMARTS) is 2. The SMILES string of the molecule is CC(C)C[C@H](NC(=O)[C@@H](N)Cc1c[nH]c2ccccc12)C(=O)O.O=C(O)C(F)(F)F. The normalized spacial score (nSPS) is 13.3. The van der Waals surface area contributed by atoms with Gasteiger partial charge in [-0.3, -0.25) is 4.79 Å². The van der Waals surface area contributed by atoms with Crippen molar-refractivity contribution in [2.24, 2.45) is 11.7 Å². The van der Waals surface area contributed by atoms with E-state index in [1.165, 1.54) is 0 Å². The van der Waals surface area contributed by atoms with Gasteiger partial charge in [0.1, 0.15) is 6.04 Å². The van der Waals surface area contributed by atoms with Crippen molar-refractivity contribution >= 4 is 28.7 Å². The maximum atomic E-state index is 12.2. The number of aromatic amines is 1. The summed E-state index contributed by atoms with van der Waals surface area (Å²) in [6.07, 6.45) is -2.52. The van der Waals surface area contributed by atoms with Gasteiger partial charge in [-0.1, -0.05) is 32.0 Å². The molecule has 1 aromatic heterocycles. The summed E-state index contributed by atoms with van der Waals surface area (Å²) >= 11 is 0. The molecule has 0 spiro atoms. The molecule has 0 fully saturated rings. The van der Waals surface area contributed by atoms with Gasteiger partial charge in [-0.05, 0) is 30.4 Å². The molecule has 11 heteroatoms. The number of fused-ring (bicyclic) bond motifs is 1. The monoisotopic (exact) mass is 431 g/mol. The van der Waals surface area contributed by atoms with E-state index in [1.54, 1.807) is 0 Å². The highest BCUT2D eigenvalue weighted by molar-refractivity contribution is 5.88. The van der Waals surface area contributed by atoms with Crippen LogP contribution in [0, 0.1) is 5.92 Å². The van der Waals surface area contributed by atoms with Crippen LogP contribution >= 0.6 is 0 Å². The molecule has 1 heterocycles. The van der Waals surface area contributed by atoms with E-state index in [1.807, 2.05) is 44.3 Å². The van der Waals surface area contributed by atoms with Crippen LogP contribution in [0.1, 0.15) is 25.8 Å². The number of H-pyrrole nitrogens is 1. The van der Waals surface area contributed by atoms with Gasteiger partial charge in [0.2, 0.25) is 5.91 Å². The van der Waals surface area contributed by atoms with Gasteiger partial charge in [-0.25, -0.2) is 9.59 Å². The molecular weight excluding hydrogens is 407 g/mol. The Kier molecular flexibility index (Phi) is 8.84. The molecule has 30 heavy (non-hydrogen) atoms. The molecule has 2 rings (SSSR count). The minimum absolute atomic E-state index is 0.168. The van der Waals surface area contributed by atoms with Gasteiger partial charge in [-0.15, -0.1) is 0 Å². The molecule has 0 saturated carbocycles. The fraction of sp³-hybridized carbons (Fsp3) is 0.421. The van der Waals surface area contributed by atoms with Crippen molar-refractivity contribution < 1.29 is 37.8 Å². The molecule has 166 valence electrons. The van der Waals surface area contributed by atoms with Gasteiger partial charge in [0.15, 0.2) is 0 Å². The highest BCUT2D eigenvalue weighted by Gasteiger charge is 2.38. The van der Waals surface area contributed by atoms with E-state index in [-0.39, 0.29) is 5.92 Å². The molecule has 2 atom stereocenters. The van der Waals surface area contributed by atoms with Gasteiger partial charge in [0.05, 0.1) is 6.04 Å². The number of carbonyl (C=O) groups is 3. The third kappa shape index (κ3) is 7.74. The van der Waals surface area contributed by atoms with Gasteiger partial charge in [0.25, 0.3) is 0 Å². The van der Waals surface area contributed by atoms with Crippen LogP contribution in [0.2, 0.25) is 0 Å². The largest absolute Gasteiger partial charge is 0.490 e. The van der Waals surface area contributed by atoms with Crippen LogP contribution in [0.15, 0.2) is 30.5 Å². The lowest BCUT2D eigenvalue weighted by molar-refractivity contribution is -0.192. The summed E-state index contributed by atoms with van der Waals surface area (Å²) in [7, 11) is 0. The Morgan fingerprint density at radius 3 is 2.23 bits per heavy atom. The Labute approximate surface area is 170 Å². The number of benzene rings is 1. The van der Waals surface area contributed by atoms with Crippen molar-refractivity contribution in [1.82, 2.24) is 10.3 Å². The summed E-state index contributed by atoms with van der Waals surface area (Å²) in [4.78, 5) is 35.4. The second-order valence-electron chi connectivity index (χ2n) is 7.00. The molecule has 0 radical (unpaired) electrons. The average Bonchev–Trinajstić information content (AvgIpc) is 3.03. The summed E-state index contributed by atoms with van der Waals surface area (Å²) in [6.45, 7) is 3.82. The molecule has 0 aliphatic heterocycles. The van der Waals surface area contributed by atoms with Crippen LogP contribution < -0.4 is 11.1 Å². The zero-order chi connectivity index (χ0) is 23.1. The Morgan fingerprint density at radius 1 is 1.17 bits per heavy atom. The number of aliphatic carboxylic acids is 2. The van der Waals surface area contributed by atoms with E-state index < -0.39 is 36.1 Å². The number of alkyl halides is 3. The number of amides is 1. The van der Waals surface area contributed by atoms with Crippen molar-refractivity contribution in [1.29, 1.82) is 0 Å².